The van der Waals surface area contributed by atoms with Crippen LogP contribution in [0.15, 0.2) is 78.0 Å². The van der Waals surface area contributed by atoms with Gasteiger partial charge >= 0.3 is 0 Å². The second-order valence-electron chi connectivity index (χ2n) is 6.36. The Labute approximate surface area is 158 Å². The molecule has 0 radical (unpaired) electrons. The van der Waals surface area contributed by atoms with Gasteiger partial charge in [-0.3, -0.25) is 9.69 Å². The van der Waals surface area contributed by atoms with Gasteiger partial charge in [-0.05, 0) is 55.2 Å². The number of carbonyl (C=O) groups excluding carboxylic acids is 1. The number of benzene rings is 2. The summed E-state index contributed by atoms with van der Waals surface area (Å²) in [7, 11) is 0. The molecule has 2 aromatic carbocycles. The predicted octanol–water partition coefficient (Wildman–Crippen LogP) is 5.03. The summed E-state index contributed by atoms with van der Waals surface area (Å²) in [5.41, 5.74) is 4.42. The molecule has 1 unspecified atom stereocenters. The fourth-order valence-corrected chi connectivity index (χ4v) is 4.19. The molecule has 3 nitrogen and oxygen atoms in total. The molecular weight excluding hydrogens is 340 g/mol. The highest BCUT2D eigenvalue weighted by Gasteiger charge is 2.29. The first-order valence-corrected chi connectivity index (χ1v) is 9.69. The van der Waals surface area contributed by atoms with Crippen molar-refractivity contribution < 1.29 is 4.79 Å². The molecule has 1 aliphatic rings. The Morgan fingerprint density at radius 3 is 2.08 bits per heavy atom. The maximum atomic E-state index is 13.5. The van der Waals surface area contributed by atoms with Gasteiger partial charge in [0.05, 0.1) is 21.7 Å². The largest absolute Gasteiger partial charge is 0.280 e. The number of thioether (sulfide) groups is 1. The molecule has 1 aromatic heterocycles. The smallest absolute Gasteiger partial charge is 0.244 e. The summed E-state index contributed by atoms with van der Waals surface area (Å²) in [5, 5.41) is 0.633. The summed E-state index contributed by atoms with van der Waals surface area (Å²) < 4.78 is 0. The molecule has 3 aromatic rings. The second-order valence-corrected chi connectivity index (χ2v) is 7.72. The van der Waals surface area contributed by atoms with E-state index in [9.17, 15) is 4.79 Å². The van der Waals surface area contributed by atoms with Crippen LogP contribution in [0.5, 0.6) is 0 Å². The number of para-hydroxylation sites is 2. The zero-order valence-electron chi connectivity index (χ0n) is 14.6. The first-order valence-electron chi connectivity index (χ1n) is 8.81. The van der Waals surface area contributed by atoms with Crippen molar-refractivity contribution in [1.29, 1.82) is 0 Å². The van der Waals surface area contributed by atoms with Crippen LogP contribution in [0.2, 0.25) is 0 Å². The van der Waals surface area contributed by atoms with Crippen molar-refractivity contribution >= 4 is 29.0 Å². The number of carbonyl (C=O) groups is 1. The first kappa shape index (κ1) is 16.9. The highest BCUT2D eigenvalue weighted by atomic mass is 32.2. The Morgan fingerprint density at radius 1 is 0.923 bits per heavy atom. The standard InChI is InChI=1S/C22H20N2OS/c1-16(26-21-12-6-7-15-23-21)22(25)24-19-10-4-2-8-17(19)13-14-18-9-3-5-11-20(18)24/h2-12,15-16H,13-14H2,1H3. The molecule has 2 heterocycles. The normalized spacial score (nSPS) is 14.1. The van der Waals surface area contributed by atoms with E-state index >= 15 is 0 Å². The topological polar surface area (TPSA) is 33.2 Å². The first-order chi connectivity index (χ1) is 12.7. The molecule has 0 saturated heterocycles. The monoisotopic (exact) mass is 360 g/mol. The lowest BCUT2D eigenvalue weighted by Gasteiger charge is -2.27. The fourth-order valence-electron chi connectivity index (χ4n) is 3.35. The highest BCUT2D eigenvalue weighted by Crippen LogP contribution is 2.37. The van der Waals surface area contributed by atoms with Crippen LogP contribution in [0.25, 0.3) is 0 Å². The third kappa shape index (κ3) is 3.25. The number of hydrogen-bond acceptors (Lipinski definition) is 3. The molecular formula is C22H20N2OS. The maximum absolute atomic E-state index is 13.5. The lowest BCUT2D eigenvalue weighted by atomic mass is 10.0. The molecule has 130 valence electrons. The van der Waals surface area contributed by atoms with Gasteiger partial charge in [0, 0.05) is 6.20 Å². The molecule has 4 heteroatoms. The van der Waals surface area contributed by atoms with E-state index in [1.165, 1.54) is 22.9 Å². The lowest BCUT2D eigenvalue weighted by Crippen LogP contribution is -2.33. The number of rotatable bonds is 3. The number of amides is 1. The molecule has 1 amide bonds. The summed E-state index contributed by atoms with van der Waals surface area (Å²) in [6.45, 7) is 1.96. The van der Waals surface area contributed by atoms with E-state index in [1.54, 1.807) is 6.20 Å². The number of anilines is 2. The van der Waals surface area contributed by atoms with E-state index in [2.05, 4.69) is 17.1 Å². The Bertz CT molecular complexity index is 879. The van der Waals surface area contributed by atoms with Gasteiger partial charge in [0.15, 0.2) is 0 Å². The van der Waals surface area contributed by atoms with Crippen molar-refractivity contribution in [3.8, 4) is 0 Å². The van der Waals surface area contributed by atoms with Crippen LogP contribution < -0.4 is 4.90 Å². The predicted molar refractivity (Wildman–Crippen MR) is 107 cm³/mol. The molecule has 0 fully saturated rings. The molecule has 4 rings (SSSR count). The van der Waals surface area contributed by atoms with Gasteiger partial charge in [-0.2, -0.15) is 0 Å². The summed E-state index contributed by atoms with van der Waals surface area (Å²) in [4.78, 5) is 19.7. The van der Waals surface area contributed by atoms with E-state index in [1.807, 2.05) is 66.4 Å². The summed E-state index contributed by atoms with van der Waals surface area (Å²) in [6.07, 6.45) is 3.65. The molecule has 0 bridgehead atoms. The van der Waals surface area contributed by atoms with Gasteiger partial charge in [0.1, 0.15) is 0 Å². The molecule has 0 N–H and O–H groups in total. The third-order valence-corrected chi connectivity index (χ3v) is 5.67. The Kier molecular flexibility index (Phi) is 4.76. The highest BCUT2D eigenvalue weighted by molar-refractivity contribution is 8.00. The molecule has 1 aliphatic heterocycles. The molecule has 1 atom stereocenters. The van der Waals surface area contributed by atoms with E-state index in [-0.39, 0.29) is 11.2 Å². The van der Waals surface area contributed by atoms with Crippen molar-refractivity contribution in [2.45, 2.75) is 30.0 Å². The number of fused-ring (bicyclic) bond motifs is 2. The van der Waals surface area contributed by atoms with Crippen molar-refractivity contribution in [1.82, 2.24) is 4.98 Å². The number of pyridine rings is 1. The van der Waals surface area contributed by atoms with Gasteiger partial charge in [-0.25, -0.2) is 4.98 Å². The van der Waals surface area contributed by atoms with Gasteiger partial charge in [-0.1, -0.05) is 54.2 Å². The second kappa shape index (κ2) is 7.34. The van der Waals surface area contributed by atoms with Gasteiger partial charge in [0.25, 0.3) is 0 Å². The summed E-state index contributed by atoms with van der Waals surface area (Å²) >= 11 is 1.50. The van der Waals surface area contributed by atoms with Gasteiger partial charge in [0.2, 0.25) is 5.91 Å². The zero-order valence-corrected chi connectivity index (χ0v) is 15.4. The molecule has 0 spiro atoms. The Balaban J connectivity index is 1.73. The minimum absolute atomic E-state index is 0.0856. The van der Waals surface area contributed by atoms with Crippen molar-refractivity contribution in [3.63, 3.8) is 0 Å². The van der Waals surface area contributed by atoms with E-state index in [0.29, 0.717) is 0 Å². The van der Waals surface area contributed by atoms with Gasteiger partial charge in [-0.15, -0.1) is 0 Å². The zero-order chi connectivity index (χ0) is 17.9. The van der Waals surface area contributed by atoms with Crippen molar-refractivity contribution in [2.24, 2.45) is 0 Å². The number of nitrogens with zero attached hydrogens (tertiary/aromatic N) is 2. The number of hydrogen-bond donors (Lipinski definition) is 0. The third-order valence-electron chi connectivity index (χ3n) is 4.63. The minimum Gasteiger partial charge on any atom is -0.280 e. The van der Waals surface area contributed by atoms with Crippen LogP contribution in [-0.2, 0) is 17.6 Å². The van der Waals surface area contributed by atoms with Crippen LogP contribution in [0.3, 0.4) is 0 Å². The quantitative estimate of drug-likeness (QED) is 0.615. The van der Waals surface area contributed by atoms with Crippen molar-refractivity contribution in [2.75, 3.05) is 4.90 Å². The van der Waals surface area contributed by atoms with Gasteiger partial charge < -0.3 is 0 Å². The van der Waals surface area contributed by atoms with Crippen molar-refractivity contribution in [3.05, 3.63) is 84.1 Å². The van der Waals surface area contributed by atoms with Crippen LogP contribution in [0, 0.1) is 0 Å². The Morgan fingerprint density at radius 2 is 1.50 bits per heavy atom. The number of aromatic nitrogens is 1. The number of aryl methyl sites for hydroxylation is 2. The fraction of sp³-hybridized carbons (Fsp3) is 0.182. The maximum Gasteiger partial charge on any atom is 0.244 e. The Hall–Kier alpha value is -2.59. The summed E-state index contributed by atoms with van der Waals surface area (Å²) in [6, 6.07) is 22.2. The summed E-state index contributed by atoms with van der Waals surface area (Å²) in [5.74, 6) is 0.0856. The average molecular weight is 360 g/mol. The van der Waals surface area contributed by atoms with Crippen LogP contribution in [0.4, 0.5) is 11.4 Å². The molecule has 0 aliphatic carbocycles. The van der Waals surface area contributed by atoms with Crippen LogP contribution in [-0.4, -0.2) is 16.1 Å². The van der Waals surface area contributed by atoms with E-state index in [0.717, 1.165) is 29.2 Å². The van der Waals surface area contributed by atoms with Crippen LogP contribution in [0.1, 0.15) is 18.1 Å². The average Bonchev–Trinajstić information content (AvgIpc) is 2.85. The lowest BCUT2D eigenvalue weighted by molar-refractivity contribution is -0.117. The van der Waals surface area contributed by atoms with E-state index < -0.39 is 0 Å². The minimum atomic E-state index is -0.232. The van der Waals surface area contributed by atoms with E-state index in [4.69, 9.17) is 0 Å². The van der Waals surface area contributed by atoms with Crippen LogP contribution >= 0.6 is 11.8 Å². The molecule has 26 heavy (non-hydrogen) atoms. The SMILES string of the molecule is CC(Sc1ccccn1)C(=O)N1c2ccccc2CCc2ccccc21. The molecule has 0 saturated carbocycles.